The van der Waals surface area contributed by atoms with Crippen molar-refractivity contribution in [2.75, 3.05) is 12.8 Å². The third kappa shape index (κ3) is 3.09. The Hall–Kier alpha value is -1.85. The molecule has 0 spiro atoms. The van der Waals surface area contributed by atoms with Crippen LogP contribution in [0.25, 0.3) is 5.65 Å². The van der Waals surface area contributed by atoms with Gasteiger partial charge in [-0.3, -0.25) is 0 Å². The normalized spacial score (nSPS) is 11.0. The fourth-order valence-corrected chi connectivity index (χ4v) is 3.05. The Bertz CT molecular complexity index is 788. The van der Waals surface area contributed by atoms with Crippen LogP contribution in [0, 0.1) is 0 Å². The van der Waals surface area contributed by atoms with E-state index in [1.54, 1.807) is 18.9 Å². The maximum Gasteiger partial charge on any atom is 0.137 e. The van der Waals surface area contributed by atoms with Gasteiger partial charge in [-0.2, -0.15) is 0 Å². The summed E-state index contributed by atoms with van der Waals surface area (Å²) in [7, 11) is 1.64. The SMILES string of the molecule is COc1ccc(N)c(SCc2cn3cc(Cl)ccc3n2)c1. The van der Waals surface area contributed by atoms with Crippen LogP contribution in [0.2, 0.25) is 5.02 Å². The second kappa shape index (κ2) is 5.87. The van der Waals surface area contributed by atoms with Gasteiger partial charge in [0.1, 0.15) is 11.4 Å². The summed E-state index contributed by atoms with van der Waals surface area (Å²) in [5, 5.41) is 0.691. The summed E-state index contributed by atoms with van der Waals surface area (Å²) in [5.74, 6) is 1.53. The average molecular weight is 320 g/mol. The van der Waals surface area contributed by atoms with Gasteiger partial charge in [0.2, 0.25) is 0 Å². The largest absolute Gasteiger partial charge is 0.497 e. The number of aromatic nitrogens is 2. The number of methoxy groups -OCH3 is 1. The van der Waals surface area contributed by atoms with E-state index in [2.05, 4.69) is 4.98 Å². The quantitative estimate of drug-likeness (QED) is 0.586. The zero-order valence-electron chi connectivity index (χ0n) is 11.4. The van der Waals surface area contributed by atoms with Crippen molar-refractivity contribution >= 4 is 34.7 Å². The minimum absolute atomic E-state index is 0.691. The number of pyridine rings is 1. The van der Waals surface area contributed by atoms with Crippen molar-refractivity contribution in [3.63, 3.8) is 0 Å². The van der Waals surface area contributed by atoms with E-state index in [0.717, 1.165) is 33.4 Å². The van der Waals surface area contributed by atoms with Crippen LogP contribution in [0.5, 0.6) is 5.75 Å². The van der Waals surface area contributed by atoms with E-state index in [0.29, 0.717) is 5.02 Å². The van der Waals surface area contributed by atoms with E-state index < -0.39 is 0 Å². The van der Waals surface area contributed by atoms with Crippen molar-refractivity contribution < 1.29 is 4.74 Å². The standard InChI is InChI=1S/C15H14ClN3OS/c1-20-12-3-4-13(17)14(6-12)21-9-11-8-19-7-10(16)2-5-15(19)18-11/h2-8H,9,17H2,1H3. The highest BCUT2D eigenvalue weighted by Gasteiger charge is 2.06. The molecule has 0 unspecified atom stereocenters. The average Bonchev–Trinajstić information content (AvgIpc) is 2.88. The van der Waals surface area contributed by atoms with E-state index in [1.807, 2.05) is 47.1 Å². The number of halogens is 1. The topological polar surface area (TPSA) is 52.5 Å². The molecule has 3 aromatic rings. The number of anilines is 1. The molecule has 0 aliphatic rings. The molecule has 2 N–H and O–H groups in total. The number of fused-ring (bicyclic) bond motifs is 1. The third-order valence-electron chi connectivity index (χ3n) is 3.06. The number of hydrogen-bond donors (Lipinski definition) is 1. The van der Waals surface area contributed by atoms with Gasteiger partial charge in [0, 0.05) is 28.7 Å². The first-order chi connectivity index (χ1) is 10.2. The Kier molecular flexibility index (Phi) is 3.94. The van der Waals surface area contributed by atoms with Crippen LogP contribution in [-0.4, -0.2) is 16.5 Å². The van der Waals surface area contributed by atoms with Crippen LogP contribution in [0.3, 0.4) is 0 Å². The van der Waals surface area contributed by atoms with Crippen LogP contribution in [-0.2, 0) is 5.75 Å². The molecule has 6 heteroatoms. The molecule has 3 rings (SSSR count). The smallest absolute Gasteiger partial charge is 0.137 e. The van der Waals surface area contributed by atoms with Gasteiger partial charge in [-0.05, 0) is 30.3 Å². The second-order valence-corrected chi connectivity index (χ2v) is 5.99. The molecular formula is C15H14ClN3OS. The molecule has 2 aromatic heterocycles. The van der Waals surface area contributed by atoms with Crippen LogP contribution in [0.15, 0.2) is 47.6 Å². The molecule has 0 amide bonds. The predicted octanol–water partition coefficient (Wildman–Crippen LogP) is 3.87. The Balaban J connectivity index is 1.80. The van der Waals surface area contributed by atoms with Crippen molar-refractivity contribution in [2.45, 2.75) is 10.6 Å². The van der Waals surface area contributed by atoms with Crippen LogP contribution in [0.4, 0.5) is 5.69 Å². The van der Waals surface area contributed by atoms with E-state index >= 15 is 0 Å². The molecule has 0 atom stereocenters. The highest BCUT2D eigenvalue weighted by atomic mass is 35.5. The summed E-state index contributed by atoms with van der Waals surface area (Å²) < 4.78 is 7.14. The number of nitrogens with two attached hydrogens (primary N) is 1. The first-order valence-electron chi connectivity index (χ1n) is 6.35. The van der Waals surface area contributed by atoms with E-state index in [-0.39, 0.29) is 0 Å². The van der Waals surface area contributed by atoms with Gasteiger partial charge in [-0.25, -0.2) is 4.98 Å². The van der Waals surface area contributed by atoms with Crippen molar-refractivity contribution in [2.24, 2.45) is 0 Å². The minimum Gasteiger partial charge on any atom is -0.497 e. The summed E-state index contributed by atoms with van der Waals surface area (Å²) in [6, 6.07) is 9.38. The van der Waals surface area contributed by atoms with Gasteiger partial charge < -0.3 is 14.9 Å². The van der Waals surface area contributed by atoms with Gasteiger partial charge >= 0.3 is 0 Å². The molecule has 0 fully saturated rings. The highest BCUT2D eigenvalue weighted by molar-refractivity contribution is 7.98. The lowest BCUT2D eigenvalue weighted by atomic mass is 10.3. The number of imidazole rings is 1. The molecule has 2 heterocycles. The van der Waals surface area contributed by atoms with Crippen LogP contribution < -0.4 is 10.5 Å². The predicted molar refractivity (Wildman–Crippen MR) is 87.2 cm³/mol. The maximum atomic E-state index is 5.98. The zero-order valence-corrected chi connectivity index (χ0v) is 13.0. The van der Waals surface area contributed by atoms with Gasteiger partial charge in [0.05, 0.1) is 17.8 Å². The fourth-order valence-electron chi connectivity index (χ4n) is 2.01. The number of hydrogen-bond acceptors (Lipinski definition) is 4. The first kappa shape index (κ1) is 14.1. The lowest BCUT2D eigenvalue weighted by molar-refractivity contribution is 0.414. The first-order valence-corrected chi connectivity index (χ1v) is 7.71. The molecule has 0 aliphatic carbocycles. The maximum absolute atomic E-state index is 5.98. The third-order valence-corrected chi connectivity index (χ3v) is 4.39. The number of thioether (sulfide) groups is 1. The molecule has 0 aliphatic heterocycles. The van der Waals surface area contributed by atoms with E-state index in [4.69, 9.17) is 22.1 Å². The monoisotopic (exact) mass is 319 g/mol. The number of ether oxygens (including phenoxy) is 1. The van der Waals surface area contributed by atoms with Gasteiger partial charge in [0.15, 0.2) is 0 Å². The number of nitrogens with zero attached hydrogens (tertiary/aromatic N) is 2. The summed E-state index contributed by atoms with van der Waals surface area (Å²) in [6.45, 7) is 0. The fraction of sp³-hybridized carbons (Fsp3) is 0.133. The number of nitrogen functional groups attached to an aromatic ring is 1. The van der Waals surface area contributed by atoms with Gasteiger partial charge in [0.25, 0.3) is 0 Å². The molecule has 0 saturated heterocycles. The molecule has 21 heavy (non-hydrogen) atoms. The summed E-state index contributed by atoms with van der Waals surface area (Å²) in [5.41, 5.74) is 8.59. The lowest BCUT2D eigenvalue weighted by Gasteiger charge is -2.06. The summed E-state index contributed by atoms with van der Waals surface area (Å²) in [6.07, 6.45) is 3.82. The van der Waals surface area contributed by atoms with Crippen molar-refractivity contribution in [1.82, 2.24) is 9.38 Å². The Morgan fingerprint density at radius 2 is 2.14 bits per heavy atom. The molecule has 0 saturated carbocycles. The Labute approximate surface area is 131 Å². The molecule has 4 nitrogen and oxygen atoms in total. The Morgan fingerprint density at radius 3 is 2.95 bits per heavy atom. The van der Waals surface area contributed by atoms with Crippen LogP contribution >= 0.6 is 23.4 Å². The number of benzene rings is 1. The molecule has 0 bridgehead atoms. The van der Waals surface area contributed by atoms with E-state index in [1.165, 1.54) is 0 Å². The van der Waals surface area contributed by atoms with Crippen molar-refractivity contribution in [3.05, 3.63) is 53.4 Å². The van der Waals surface area contributed by atoms with Crippen molar-refractivity contribution in [3.8, 4) is 5.75 Å². The summed E-state index contributed by atoms with van der Waals surface area (Å²) in [4.78, 5) is 5.54. The molecular weight excluding hydrogens is 306 g/mol. The molecule has 108 valence electrons. The highest BCUT2D eigenvalue weighted by Crippen LogP contribution is 2.31. The molecule has 1 aromatic carbocycles. The van der Waals surface area contributed by atoms with E-state index in [9.17, 15) is 0 Å². The number of rotatable bonds is 4. The lowest BCUT2D eigenvalue weighted by Crippen LogP contribution is -1.91. The van der Waals surface area contributed by atoms with Gasteiger partial charge in [-0.1, -0.05) is 11.6 Å². The van der Waals surface area contributed by atoms with Gasteiger partial charge in [-0.15, -0.1) is 11.8 Å². The second-order valence-electron chi connectivity index (χ2n) is 4.54. The molecule has 0 radical (unpaired) electrons. The van der Waals surface area contributed by atoms with Crippen LogP contribution in [0.1, 0.15) is 5.69 Å². The zero-order chi connectivity index (χ0) is 14.8. The van der Waals surface area contributed by atoms with Crippen molar-refractivity contribution in [1.29, 1.82) is 0 Å². The minimum atomic E-state index is 0.691. The summed E-state index contributed by atoms with van der Waals surface area (Å²) >= 11 is 7.61. The Morgan fingerprint density at radius 1 is 1.29 bits per heavy atom.